The summed E-state index contributed by atoms with van der Waals surface area (Å²) >= 11 is 0. The molecule has 0 aliphatic heterocycles. The Morgan fingerprint density at radius 1 is 0.328 bits per heavy atom. The average Bonchev–Trinajstić information content (AvgIpc) is 3.86. The SMILES string of the molecule is O=c1c2c(c3ccccc3n1-c1ccccc1)c1cc(-c3ccc4c(c3)c3ccccc3n4-c3ccccc3)ccc1n2-c1nc(-c2ccccc2)nc(-c2ccccc2)n1. The van der Waals surface area contributed by atoms with Gasteiger partial charge in [0.1, 0.15) is 5.52 Å². The molecule has 7 nitrogen and oxygen atoms in total. The quantitative estimate of drug-likeness (QED) is 0.168. The number of para-hydroxylation sites is 4. The van der Waals surface area contributed by atoms with Gasteiger partial charge in [0.05, 0.1) is 22.1 Å². The lowest BCUT2D eigenvalue weighted by atomic mass is 9.99. The second kappa shape index (κ2) is 13.9. The number of rotatable bonds is 6. The van der Waals surface area contributed by atoms with Crippen molar-refractivity contribution in [3.05, 3.63) is 217 Å². The van der Waals surface area contributed by atoms with Crippen LogP contribution in [0.3, 0.4) is 0 Å². The Bertz CT molecular complexity index is 3650. The molecule has 0 saturated heterocycles. The van der Waals surface area contributed by atoms with Crippen LogP contribution in [0.4, 0.5) is 0 Å². The van der Waals surface area contributed by atoms with Crippen LogP contribution in [-0.4, -0.2) is 28.7 Å². The van der Waals surface area contributed by atoms with Crippen LogP contribution in [0, 0.1) is 0 Å². The van der Waals surface area contributed by atoms with Crippen LogP contribution in [0.1, 0.15) is 0 Å². The molecule has 0 unspecified atom stereocenters. The number of pyridine rings is 1. The fraction of sp³-hybridized carbons (Fsp3) is 0. The fourth-order valence-electron chi connectivity index (χ4n) is 8.99. The van der Waals surface area contributed by atoms with Gasteiger partial charge in [-0.25, -0.2) is 4.98 Å². The van der Waals surface area contributed by atoms with Crippen molar-refractivity contribution in [1.29, 1.82) is 0 Å². The molecule has 0 amide bonds. The Balaban J connectivity index is 1.17. The minimum Gasteiger partial charge on any atom is -0.309 e. The Hall–Kier alpha value is -8.42. The van der Waals surface area contributed by atoms with Crippen molar-refractivity contribution in [3.63, 3.8) is 0 Å². The largest absolute Gasteiger partial charge is 0.309 e. The van der Waals surface area contributed by atoms with E-state index in [9.17, 15) is 0 Å². The monoisotopic (exact) mass is 782 g/mol. The molecule has 61 heavy (non-hydrogen) atoms. The van der Waals surface area contributed by atoms with Gasteiger partial charge in [0.25, 0.3) is 5.56 Å². The van der Waals surface area contributed by atoms with Crippen molar-refractivity contribution < 1.29 is 0 Å². The van der Waals surface area contributed by atoms with Gasteiger partial charge < -0.3 is 4.57 Å². The molecule has 286 valence electrons. The van der Waals surface area contributed by atoms with Gasteiger partial charge in [0, 0.05) is 49.4 Å². The number of hydrogen-bond donors (Lipinski definition) is 0. The van der Waals surface area contributed by atoms with Crippen LogP contribution >= 0.6 is 0 Å². The lowest BCUT2D eigenvalue weighted by Crippen LogP contribution is -2.21. The summed E-state index contributed by atoms with van der Waals surface area (Å²) in [5, 5.41) is 5.07. The molecule has 0 aliphatic rings. The number of hydrogen-bond acceptors (Lipinski definition) is 4. The van der Waals surface area contributed by atoms with Crippen LogP contribution in [0.2, 0.25) is 0 Å². The number of aromatic nitrogens is 6. The summed E-state index contributed by atoms with van der Waals surface area (Å²) in [6.45, 7) is 0. The lowest BCUT2D eigenvalue weighted by Gasteiger charge is -2.14. The van der Waals surface area contributed by atoms with Crippen molar-refractivity contribution in [1.82, 2.24) is 28.7 Å². The van der Waals surface area contributed by atoms with Gasteiger partial charge in [-0.15, -0.1) is 0 Å². The summed E-state index contributed by atoms with van der Waals surface area (Å²) in [5.74, 6) is 1.40. The summed E-state index contributed by atoms with van der Waals surface area (Å²) < 4.78 is 6.08. The third-order valence-corrected chi connectivity index (χ3v) is 11.7. The standard InChI is InChI=1S/C54H34N6O/c61-53-50-49(42-26-14-16-28-46(42)59(53)40-23-11-4-12-24-40)44-34-38(37-29-31-47-43(33-37)41-25-13-15-27-45(41)58(47)39-21-9-3-10-22-39)30-32-48(44)60(50)54-56-51(35-17-5-1-6-18-35)55-52(57-54)36-19-7-2-8-20-36/h1-34H. The molecule has 0 saturated carbocycles. The first-order chi connectivity index (χ1) is 30.2. The summed E-state index contributed by atoms with van der Waals surface area (Å²) in [6.07, 6.45) is 0. The molecule has 0 aliphatic carbocycles. The summed E-state index contributed by atoms with van der Waals surface area (Å²) in [6, 6.07) is 70.1. The first kappa shape index (κ1) is 34.6. The zero-order valence-electron chi connectivity index (χ0n) is 32.7. The molecular formula is C54H34N6O. The fourth-order valence-corrected chi connectivity index (χ4v) is 8.99. The van der Waals surface area contributed by atoms with E-state index in [1.54, 1.807) is 0 Å². The molecule has 0 radical (unpaired) electrons. The molecule has 0 spiro atoms. The third kappa shape index (κ3) is 5.52. The highest BCUT2D eigenvalue weighted by Gasteiger charge is 2.25. The molecule has 7 heteroatoms. The smallest absolute Gasteiger partial charge is 0.280 e. The number of fused-ring (bicyclic) bond motifs is 8. The summed E-state index contributed by atoms with van der Waals surface area (Å²) in [4.78, 5) is 30.7. The van der Waals surface area contributed by atoms with Gasteiger partial charge in [0.2, 0.25) is 5.95 Å². The average molecular weight is 783 g/mol. The first-order valence-electron chi connectivity index (χ1n) is 20.3. The van der Waals surface area contributed by atoms with Crippen molar-refractivity contribution in [3.8, 4) is 51.2 Å². The van der Waals surface area contributed by atoms with E-state index in [4.69, 9.17) is 15.0 Å². The number of benzene rings is 8. The molecule has 0 N–H and O–H groups in total. The van der Waals surface area contributed by atoms with E-state index in [1.165, 1.54) is 10.8 Å². The van der Waals surface area contributed by atoms with Crippen molar-refractivity contribution >= 4 is 54.5 Å². The highest BCUT2D eigenvalue weighted by atomic mass is 16.1. The van der Waals surface area contributed by atoms with E-state index >= 15 is 4.79 Å². The summed E-state index contributed by atoms with van der Waals surface area (Å²) in [5.41, 5.74) is 9.94. The second-order valence-electron chi connectivity index (χ2n) is 15.2. The Kier molecular flexibility index (Phi) is 7.86. The molecule has 0 bridgehead atoms. The van der Waals surface area contributed by atoms with Crippen LogP contribution < -0.4 is 5.56 Å². The predicted octanol–water partition coefficient (Wildman–Crippen LogP) is 12.4. The maximum Gasteiger partial charge on any atom is 0.280 e. The third-order valence-electron chi connectivity index (χ3n) is 11.7. The minimum atomic E-state index is -0.171. The molecule has 8 aromatic carbocycles. The van der Waals surface area contributed by atoms with E-state index in [2.05, 4.69) is 95.6 Å². The van der Waals surface area contributed by atoms with E-state index in [1.807, 2.05) is 124 Å². The molecule has 0 atom stereocenters. The Labute approximate surface area is 349 Å². The molecule has 12 rings (SSSR count). The van der Waals surface area contributed by atoms with Crippen molar-refractivity contribution in [2.75, 3.05) is 0 Å². The van der Waals surface area contributed by atoms with E-state index in [-0.39, 0.29) is 5.56 Å². The lowest BCUT2D eigenvalue weighted by molar-refractivity contribution is 0.941. The van der Waals surface area contributed by atoms with Crippen LogP contribution in [0.15, 0.2) is 211 Å². The highest BCUT2D eigenvalue weighted by molar-refractivity contribution is 6.21. The zero-order valence-corrected chi connectivity index (χ0v) is 32.7. The normalized spacial score (nSPS) is 11.7. The van der Waals surface area contributed by atoms with E-state index in [0.717, 1.165) is 71.9 Å². The summed E-state index contributed by atoms with van der Waals surface area (Å²) in [7, 11) is 0. The Morgan fingerprint density at radius 3 is 1.36 bits per heavy atom. The Morgan fingerprint density at radius 2 is 0.770 bits per heavy atom. The van der Waals surface area contributed by atoms with E-state index in [0.29, 0.717) is 23.1 Å². The molecule has 4 heterocycles. The van der Waals surface area contributed by atoms with Crippen molar-refractivity contribution in [2.24, 2.45) is 0 Å². The maximum atomic E-state index is 15.4. The minimum absolute atomic E-state index is 0.171. The van der Waals surface area contributed by atoms with Crippen LogP contribution in [0.5, 0.6) is 0 Å². The van der Waals surface area contributed by atoms with Crippen molar-refractivity contribution in [2.45, 2.75) is 0 Å². The topological polar surface area (TPSA) is 70.5 Å². The van der Waals surface area contributed by atoms with Gasteiger partial charge in [0.15, 0.2) is 11.6 Å². The van der Waals surface area contributed by atoms with E-state index < -0.39 is 0 Å². The molecular weight excluding hydrogens is 749 g/mol. The van der Waals surface area contributed by atoms with Crippen LogP contribution in [-0.2, 0) is 0 Å². The number of nitrogens with zero attached hydrogens (tertiary/aromatic N) is 6. The van der Waals surface area contributed by atoms with Crippen LogP contribution in [0.25, 0.3) is 106 Å². The molecule has 4 aromatic heterocycles. The maximum absolute atomic E-state index is 15.4. The van der Waals surface area contributed by atoms with Gasteiger partial charge in [-0.3, -0.25) is 13.9 Å². The highest BCUT2D eigenvalue weighted by Crippen LogP contribution is 2.40. The van der Waals surface area contributed by atoms with Gasteiger partial charge in [-0.05, 0) is 71.8 Å². The van der Waals surface area contributed by atoms with Gasteiger partial charge in [-0.2, -0.15) is 9.97 Å². The molecule has 0 fully saturated rings. The van der Waals surface area contributed by atoms with Gasteiger partial charge in [-0.1, -0.05) is 146 Å². The van der Waals surface area contributed by atoms with Gasteiger partial charge >= 0.3 is 0 Å². The second-order valence-corrected chi connectivity index (χ2v) is 15.2. The molecule has 12 aromatic rings. The first-order valence-corrected chi connectivity index (χ1v) is 20.3. The predicted molar refractivity (Wildman–Crippen MR) is 248 cm³/mol. The zero-order chi connectivity index (χ0) is 40.4.